The second kappa shape index (κ2) is 7.56. The van der Waals surface area contributed by atoms with Crippen molar-refractivity contribution in [3.05, 3.63) is 34.3 Å². The summed E-state index contributed by atoms with van der Waals surface area (Å²) in [6.45, 7) is 0.817. The van der Waals surface area contributed by atoms with Crippen molar-refractivity contribution in [2.45, 2.75) is 0 Å². The summed E-state index contributed by atoms with van der Waals surface area (Å²) < 4.78 is 0.904. The molecule has 4 nitrogen and oxygen atoms in total. The van der Waals surface area contributed by atoms with Crippen molar-refractivity contribution >= 4 is 38.5 Å². The smallest absolute Gasteiger partial charge is 0.221 e. The van der Waals surface area contributed by atoms with Gasteiger partial charge in [-0.05, 0) is 38.4 Å². The lowest BCUT2D eigenvalue weighted by molar-refractivity contribution is 0.106. The highest BCUT2D eigenvalue weighted by Gasteiger charge is 2.15. The number of carbonyl (C=O) groups excluding carboxylic acids is 1. The predicted molar refractivity (Wildman–Crippen MR) is 78.7 cm³/mol. The molecule has 0 bridgehead atoms. The van der Waals surface area contributed by atoms with Crippen LogP contribution in [0.3, 0.4) is 0 Å². The molecule has 6 heteroatoms. The molecule has 0 unspecified atom stereocenters. The second-order valence-corrected chi connectivity index (χ2v) is 5.89. The van der Waals surface area contributed by atoms with Gasteiger partial charge in [0.15, 0.2) is 5.04 Å². The van der Waals surface area contributed by atoms with Gasteiger partial charge in [-0.3, -0.25) is 4.79 Å². The third-order valence-electron chi connectivity index (χ3n) is 2.17. The van der Waals surface area contributed by atoms with Crippen molar-refractivity contribution in [1.29, 1.82) is 0 Å². The molecule has 1 rings (SSSR count). The Bertz CT molecular complexity index is 432. The van der Waals surface area contributed by atoms with Crippen LogP contribution in [0, 0.1) is 0 Å². The molecule has 98 valence electrons. The lowest BCUT2D eigenvalue weighted by atomic mass is 10.1. The molecule has 0 radical (unpaired) electrons. The van der Waals surface area contributed by atoms with Gasteiger partial charge in [0.1, 0.15) is 0 Å². The fourth-order valence-electron chi connectivity index (χ4n) is 1.19. The highest BCUT2D eigenvalue weighted by Crippen LogP contribution is 2.15. The molecule has 0 aliphatic heterocycles. The van der Waals surface area contributed by atoms with Gasteiger partial charge in [0.05, 0.1) is 0 Å². The average molecular weight is 331 g/mol. The van der Waals surface area contributed by atoms with Crippen LogP contribution < -0.4 is 0 Å². The largest absolute Gasteiger partial charge is 0.410 e. The van der Waals surface area contributed by atoms with Crippen LogP contribution in [0.1, 0.15) is 10.4 Å². The minimum absolute atomic E-state index is 0.124. The van der Waals surface area contributed by atoms with E-state index in [9.17, 15) is 4.79 Å². The SMILES string of the molecule is CN(C)CCS/C(=N\O)C(=O)c1ccc(Br)cc1. The minimum Gasteiger partial charge on any atom is -0.410 e. The van der Waals surface area contributed by atoms with Gasteiger partial charge >= 0.3 is 0 Å². The van der Waals surface area contributed by atoms with Crippen LogP contribution in [0.5, 0.6) is 0 Å². The Morgan fingerprint density at radius 1 is 1.39 bits per heavy atom. The summed E-state index contributed by atoms with van der Waals surface area (Å²) in [6.07, 6.45) is 0. The lowest BCUT2D eigenvalue weighted by Gasteiger charge is -2.08. The topological polar surface area (TPSA) is 52.9 Å². The van der Waals surface area contributed by atoms with Gasteiger partial charge in [-0.1, -0.05) is 32.8 Å². The predicted octanol–water partition coefficient (Wildman–Crippen LogP) is 2.71. The van der Waals surface area contributed by atoms with Crippen molar-refractivity contribution < 1.29 is 10.0 Å². The fourth-order valence-corrected chi connectivity index (χ4v) is 2.41. The van der Waals surface area contributed by atoms with Crippen LogP contribution in [0.15, 0.2) is 33.9 Å². The number of carbonyl (C=O) groups is 1. The number of hydrogen-bond donors (Lipinski definition) is 1. The first kappa shape index (κ1) is 15.2. The molecule has 1 aromatic carbocycles. The molecule has 18 heavy (non-hydrogen) atoms. The van der Waals surface area contributed by atoms with Gasteiger partial charge in [-0.2, -0.15) is 0 Å². The molecule has 0 fully saturated rings. The van der Waals surface area contributed by atoms with E-state index in [4.69, 9.17) is 5.21 Å². The zero-order valence-corrected chi connectivity index (χ0v) is 12.7. The molecule has 0 amide bonds. The summed E-state index contributed by atoms with van der Waals surface area (Å²) in [5.74, 6) is 0.447. The molecule has 0 atom stereocenters. The number of Topliss-reactive ketones (excluding diaryl/α,β-unsaturated/α-hetero) is 1. The van der Waals surface area contributed by atoms with Crippen molar-refractivity contribution in [1.82, 2.24) is 4.90 Å². The second-order valence-electron chi connectivity index (χ2n) is 3.89. The lowest BCUT2D eigenvalue weighted by Crippen LogP contribution is -2.18. The van der Waals surface area contributed by atoms with Gasteiger partial charge in [0.25, 0.3) is 0 Å². The van der Waals surface area contributed by atoms with Crippen LogP contribution in [0.25, 0.3) is 0 Å². The number of thioether (sulfide) groups is 1. The van der Waals surface area contributed by atoms with E-state index in [1.165, 1.54) is 11.8 Å². The third kappa shape index (κ3) is 4.80. The zero-order valence-electron chi connectivity index (χ0n) is 10.3. The Hall–Kier alpha value is -0.850. The highest BCUT2D eigenvalue weighted by atomic mass is 79.9. The number of halogens is 1. The van der Waals surface area contributed by atoms with Crippen LogP contribution in [-0.4, -0.2) is 47.3 Å². The monoisotopic (exact) mass is 330 g/mol. The number of hydrogen-bond acceptors (Lipinski definition) is 5. The van der Waals surface area contributed by atoms with E-state index >= 15 is 0 Å². The van der Waals surface area contributed by atoms with E-state index in [1.54, 1.807) is 24.3 Å². The average Bonchev–Trinajstić information content (AvgIpc) is 2.34. The summed E-state index contributed by atoms with van der Waals surface area (Å²) in [7, 11) is 3.90. The Morgan fingerprint density at radius 3 is 2.50 bits per heavy atom. The number of nitrogens with zero attached hydrogens (tertiary/aromatic N) is 2. The molecule has 0 heterocycles. The maximum absolute atomic E-state index is 12.0. The molecule has 0 saturated heterocycles. The van der Waals surface area contributed by atoms with E-state index in [2.05, 4.69) is 21.1 Å². The fraction of sp³-hybridized carbons (Fsp3) is 0.333. The summed E-state index contributed by atoms with van der Waals surface area (Å²) in [4.78, 5) is 14.0. The first-order chi connectivity index (χ1) is 8.54. The van der Waals surface area contributed by atoms with Crippen molar-refractivity contribution in [2.75, 3.05) is 26.4 Å². The summed E-state index contributed by atoms with van der Waals surface area (Å²) in [5, 5.41) is 12.1. The van der Waals surface area contributed by atoms with Crippen molar-refractivity contribution in [2.24, 2.45) is 5.16 Å². The van der Waals surface area contributed by atoms with Gasteiger partial charge in [-0.25, -0.2) is 0 Å². The summed E-state index contributed by atoms with van der Waals surface area (Å²) >= 11 is 4.56. The van der Waals surface area contributed by atoms with Gasteiger partial charge < -0.3 is 10.1 Å². The molecule has 0 aliphatic carbocycles. The Labute approximate surface area is 119 Å². The summed E-state index contributed by atoms with van der Waals surface area (Å²) in [5.41, 5.74) is 0.517. The van der Waals surface area contributed by atoms with E-state index in [0.717, 1.165) is 11.0 Å². The number of rotatable bonds is 5. The standard InChI is InChI=1S/C12H15BrN2O2S/c1-15(2)7-8-18-12(14-17)11(16)9-3-5-10(13)6-4-9/h3-6,17H,7-8H2,1-2H3/b14-12-. The van der Waals surface area contributed by atoms with Crippen LogP contribution in [-0.2, 0) is 0 Å². The van der Waals surface area contributed by atoms with Crippen molar-refractivity contribution in [3.63, 3.8) is 0 Å². The molecule has 0 spiro atoms. The highest BCUT2D eigenvalue weighted by molar-refractivity contribution is 9.10. The van der Waals surface area contributed by atoms with Crippen molar-refractivity contribution in [3.8, 4) is 0 Å². The first-order valence-electron chi connectivity index (χ1n) is 5.34. The molecular formula is C12H15BrN2O2S. The Morgan fingerprint density at radius 2 is 2.00 bits per heavy atom. The molecule has 0 saturated carbocycles. The van der Waals surface area contributed by atoms with E-state index in [1.807, 2.05) is 19.0 Å². The van der Waals surface area contributed by atoms with Crippen LogP contribution in [0.2, 0.25) is 0 Å². The molecule has 0 aliphatic rings. The Kier molecular flexibility index (Phi) is 6.38. The molecular weight excluding hydrogens is 316 g/mol. The Balaban J connectivity index is 2.65. The zero-order chi connectivity index (χ0) is 13.5. The van der Waals surface area contributed by atoms with E-state index in [0.29, 0.717) is 11.3 Å². The van der Waals surface area contributed by atoms with E-state index in [-0.39, 0.29) is 10.8 Å². The number of ketones is 1. The normalized spacial score (nSPS) is 11.9. The van der Waals surface area contributed by atoms with Gasteiger partial charge in [-0.15, -0.1) is 0 Å². The van der Waals surface area contributed by atoms with E-state index < -0.39 is 0 Å². The maximum Gasteiger partial charge on any atom is 0.221 e. The van der Waals surface area contributed by atoms with Gasteiger partial charge in [0, 0.05) is 22.3 Å². The summed E-state index contributed by atoms with van der Waals surface area (Å²) in [6, 6.07) is 6.97. The number of oxime groups is 1. The quantitative estimate of drug-likeness (QED) is 0.296. The molecule has 0 aromatic heterocycles. The number of benzene rings is 1. The minimum atomic E-state index is -0.256. The third-order valence-corrected chi connectivity index (χ3v) is 3.62. The molecule has 1 N–H and O–H groups in total. The molecule has 1 aromatic rings. The first-order valence-corrected chi connectivity index (χ1v) is 7.12. The van der Waals surface area contributed by atoms with Gasteiger partial charge in [0.2, 0.25) is 5.78 Å². The van der Waals surface area contributed by atoms with Crippen LogP contribution >= 0.6 is 27.7 Å². The van der Waals surface area contributed by atoms with Crippen LogP contribution in [0.4, 0.5) is 0 Å². The maximum atomic E-state index is 12.0.